The molecule has 0 spiro atoms. The molecule has 0 aliphatic carbocycles. The molecule has 11 heteroatoms. The van der Waals surface area contributed by atoms with Crippen LogP contribution < -0.4 is 21.7 Å². The second-order valence-electron chi connectivity index (χ2n) is 12.3. The summed E-state index contributed by atoms with van der Waals surface area (Å²) < 4.78 is 42.6. The molecule has 2 fully saturated rings. The molecule has 1 aromatic carbocycles. The fraction of sp³-hybridized carbons (Fsp3) is 0.607. The molecule has 0 aromatic heterocycles. The molecule has 6 atom stereocenters. The molecule has 3 heterocycles. The Labute approximate surface area is 238 Å². The van der Waals surface area contributed by atoms with E-state index < -0.39 is 47.0 Å². The third-order valence-corrected chi connectivity index (χ3v) is 8.05. The number of nitrogens with one attached hydrogen (secondary N) is 3. The highest BCUT2D eigenvalue weighted by Crippen LogP contribution is 2.47. The Hall–Kier alpha value is -1.75. The second kappa shape index (κ2) is 11.3. The zero-order chi connectivity index (χ0) is 28.8. The van der Waals surface area contributed by atoms with Crippen molar-refractivity contribution in [3.05, 3.63) is 57.7 Å². The Morgan fingerprint density at radius 1 is 1.26 bits per heavy atom. The summed E-state index contributed by atoms with van der Waals surface area (Å²) in [6.45, 7) is 10.5. The van der Waals surface area contributed by atoms with E-state index >= 15 is 8.78 Å². The van der Waals surface area contributed by atoms with Crippen molar-refractivity contribution in [1.82, 2.24) is 16.0 Å². The number of benzene rings is 1. The Morgan fingerprint density at radius 2 is 1.97 bits per heavy atom. The largest absolute Gasteiger partial charge is 0.379 e. The Balaban J connectivity index is 1.70. The maximum atomic E-state index is 15.6. The third kappa shape index (κ3) is 6.44. The molecule has 1 unspecified atom stereocenters. The number of ether oxygens (including phenoxy) is 2. The van der Waals surface area contributed by atoms with Crippen LogP contribution in [0.5, 0.6) is 0 Å². The van der Waals surface area contributed by atoms with Gasteiger partial charge in [-0.25, -0.2) is 8.78 Å². The fourth-order valence-electron chi connectivity index (χ4n) is 5.88. The molecule has 0 radical (unpaired) electrons. The topological polar surface area (TPSA) is 97.6 Å². The SMILES string of the molecule is CC(C)(C)C[C@@H]1N[C@@H](C(=O)NCC[C@H]2COC(C)(C)O2)[C@H](c2cccc(Cl)c2F)[C@@]1(N)C1NC=C(Cl)C=C1F. The van der Waals surface area contributed by atoms with Crippen molar-refractivity contribution >= 4 is 29.1 Å². The molecule has 0 bridgehead atoms. The smallest absolute Gasteiger partial charge is 0.237 e. The predicted octanol–water partition coefficient (Wildman–Crippen LogP) is 4.60. The van der Waals surface area contributed by atoms with Crippen LogP contribution >= 0.6 is 23.2 Å². The van der Waals surface area contributed by atoms with Crippen LogP contribution in [0.4, 0.5) is 8.78 Å². The zero-order valence-corrected chi connectivity index (χ0v) is 24.4. The van der Waals surface area contributed by atoms with E-state index in [4.69, 9.17) is 38.4 Å². The van der Waals surface area contributed by atoms with Gasteiger partial charge < -0.3 is 31.2 Å². The van der Waals surface area contributed by atoms with Crippen LogP contribution in [0.3, 0.4) is 0 Å². The van der Waals surface area contributed by atoms with Crippen molar-refractivity contribution < 1.29 is 23.0 Å². The minimum atomic E-state index is -1.48. The van der Waals surface area contributed by atoms with Gasteiger partial charge in [0.2, 0.25) is 5.91 Å². The third-order valence-electron chi connectivity index (χ3n) is 7.54. The van der Waals surface area contributed by atoms with Gasteiger partial charge in [-0.3, -0.25) is 4.79 Å². The first-order chi connectivity index (χ1) is 18.1. The average Bonchev–Trinajstić information content (AvgIpc) is 3.31. The normalized spacial score (nSPS) is 32.4. The summed E-state index contributed by atoms with van der Waals surface area (Å²) in [5.41, 5.74) is 5.60. The minimum absolute atomic E-state index is 0.107. The predicted molar refractivity (Wildman–Crippen MR) is 148 cm³/mol. The van der Waals surface area contributed by atoms with E-state index in [-0.39, 0.29) is 33.0 Å². The summed E-state index contributed by atoms with van der Waals surface area (Å²) in [5.74, 6) is -3.31. The number of carbonyl (C=O) groups excluding carboxylic acids is 1. The van der Waals surface area contributed by atoms with E-state index in [0.29, 0.717) is 26.0 Å². The molecule has 4 rings (SSSR count). The fourth-order valence-corrected chi connectivity index (χ4v) is 6.23. The van der Waals surface area contributed by atoms with Gasteiger partial charge in [0.1, 0.15) is 11.6 Å². The van der Waals surface area contributed by atoms with Crippen LogP contribution in [-0.4, -0.2) is 54.6 Å². The van der Waals surface area contributed by atoms with Gasteiger partial charge in [0.15, 0.2) is 5.79 Å². The first-order valence-electron chi connectivity index (χ1n) is 13.2. The summed E-state index contributed by atoms with van der Waals surface area (Å²) in [6.07, 6.45) is 3.50. The molecule has 3 aliphatic heterocycles. The number of nitrogens with two attached hydrogens (primary N) is 1. The van der Waals surface area contributed by atoms with Gasteiger partial charge in [0, 0.05) is 24.7 Å². The van der Waals surface area contributed by atoms with E-state index in [1.54, 1.807) is 12.1 Å². The lowest BCUT2D eigenvalue weighted by Gasteiger charge is -2.45. The number of hydrogen-bond acceptors (Lipinski definition) is 6. The summed E-state index contributed by atoms with van der Waals surface area (Å²) in [4.78, 5) is 13.7. The molecule has 216 valence electrons. The molecule has 1 aromatic rings. The second-order valence-corrected chi connectivity index (χ2v) is 13.1. The Kier molecular flexibility index (Phi) is 8.72. The lowest BCUT2D eigenvalue weighted by molar-refractivity contribution is -0.138. The lowest BCUT2D eigenvalue weighted by atomic mass is 9.67. The van der Waals surface area contributed by atoms with Crippen LogP contribution in [0.25, 0.3) is 0 Å². The highest BCUT2D eigenvalue weighted by Gasteiger charge is 2.61. The summed E-state index contributed by atoms with van der Waals surface area (Å²) in [7, 11) is 0. The minimum Gasteiger partial charge on any atom is -0.379 e. The number of carbonyl (C=O) groups is 1. The lowest BCUT2D eigenvalue weighted by Crippen LogP contribution is -2.66. The average molecular weight is 588 g/mol. The van der Waals surface area contributed by atoms with Crippen molar-refractivity contribution in [2.24, 2.45) is 11.1 Å². The zero-order valence-electron chi connectivity index (χ0n) is 22.9. The van der Waals surface area contributed by atoms with Gasteiger partial charge in [-0.2, -0.15) is 0 Å². The van der Waals surface area contributed by atoms with Crippen molar-refractivity contribution in [2.75, 3.05) is 13.2 Å². The monoisotopic (exact) mass is 586 g/mol. The molecule has 2 saturated heterocycles. The standard InChI is InChI=1S/C28H38Cl2F2N4O3/c1-26(2,3)12-20-28(33,24-19(31)11-15(29)13-35-24)21(17-7-6-8-18(30)22(17)32)23(36-20)25(37)34-10-9-16-14-38-27(4,5)39-16/h6-8,11,13,16,20-21,23-24,35-36H,9-10,12,14,33H2,1-5H3,(H,34,37)/t16-,20-,21-,23+,24?,28+/m0/s1. The van der Waals surface area contributed by atoms with E-state index in [1.807, 2.05) is 34.6 Å². The maximum Gasteiger partial charge on any atom is 0.237 e. The Morgan fingerprint density at radius 3 is 2.59 bits per heavy atom. The van der Waals surface area contributed by atoms with Crippen molar-refractivity contribution in [2.45, 2.75) is 88.9 Å². The van der Waals surface area contributed by atoms with E-state index in [9.17, 15) is 4.79 Å². The number of halogens is 4. The molecular formula is C28H38Cl2F2N4O3. The molecule has 1 amide bonds. The van der Waals surface area contributed by atoms with Crippen LogP contribution in [0.15, 0.2) is 41.3 Å². The van der Waals surface area contributed by atoms with Crippen LogP contribution in [0.2, 0.25) is 5.02 Å². The molecule has 3 aliphatic rings. The van der Waals surface area contributed by atoms with Crippen LogP contribution in [0.1, 0.15) is 58.9 Å². The van der Waals surface area contributed by atoms with Crippen LogP contribution in [0, 0.1) is 11.2 Å². The van der Waals surface area contributed by atoms with Gasteiger partial charge in [-0.15, -0.1) is 0 Å². The molecule has 39 heavy (non-hydrogen) atoms. The molecule has 0 saturated carbocycles. The molecule has 7 nitrogen and oxygen atoms in total. The van der Waals surface area contributed by atoms with Crippen molar-refractivity contribution in [3.8, 4) is 0 Å². The summed E-state index contributed by atoms with van der Waals surface area (Å²) in [5, 5.41) is 9.35. The van der Waals surface area contributed by atoms with E-state index in [1.165, 1.54) is 18.3 Å². The quantitative estimate of drug-likeness (QED) is 0.373. The van der Waals surface area contributed by atoms with Crippen molar-refractivity contribution in [1.29, 1.82) is 0 Å². The molecule has 5 N–H and O–H groups in total. The summed E-state index contributed by atoms with van der Waals surface area (Å²) >= 11 is 12.2. The first-order valence-corrected chi connectivity index (χ1v) is 13.9. The van der Waals surface area contributed by atoms with E-state index in [0.717, 1.165) is 0 Å². The van der Waals surface area contributed by atoms with Gasteiger partial charge in [0.25, 0.3) is 0 Å². The first kappa shape index (κ1) is 30.2. The number of allylic oxidation sites excluding steroid dienone is 2. The Bertz CT molecular complexity index is 1160. The molecular weight excluding hydrogens is 549 g/mol. The van der Waals surface area contributed by atoms with Crippen LogP contribution in [-0.2, 0) is 14.3 Å². The highest BCUT2D eigenvalue weighted by molar-refractivity contribution is 6.31. The summed E-state index contributed by atoms with van der Waals surface area (Å²) in [6, 6.07) is 1.95. The number of hydrogen-bond donors (Lipinski definition) is 4. The van der Waals surface area contributed by atoms with Gasteiger partial charge in [-0.05, 0) is 49.8 Å². The number of rotatable bonds is 7. The number of dihydropyridines is 1. The highest BCUT2D eigenvalue weighted by atomic mass is 35.5. The van der Waals surface area contributed by atoms with Crippen molar-refractivity contribution in [3.63, 3.8) is 0 Å². The van der Waals surface area contributed by atoms with Gasteiger partial charge >= 0.3 is 0 Å². The van der Waals surface area contributed by atoms with Gasteiger partial charge in [-0.1, -0.05) is 56.1 Å². The van der Waals surface area contributed by atoms with E-state index in [2.05, 4.69) is 16.0 Å². The maximum absolute atomic E-state index is 15.6. The number of amides is 1. The van der Waals surface area contributed by atoms with Gasteiger partial charge in [0.05, 0.1) is 40.4 Å².